The SMILES string of the molecule is c1ccc(-c2nc(-c3cccc(-n4c5ccccc5c5ccccc54)c3)nc(-c3cccc4c3c3cc5c(-c6ccccc6)nc6ccccc6c5cc3n4-c3ccccc3)n2)cc1. The molecule has 0 saturated carbocycles. The molecule has 0 atom stereocenters. The van der Waals surface area contributed by atoms with Crippen molar-refractivity contribution < 1.29 is 0 Å². The molecule has 0 bridgehead atoms. The molecule has 0 aliphatic heterocycles. The minimum Gasteiger partial charge on any atom is -0.309 e. The van der Waals surface area contributed by atoms with Crippen molar-refractivity contribution in [3.63, 3.8) is 0 Å². The summed E-state index contributed by atoms with van der Waals surface area (Å²) >= 11 is 0. The van der Waals surface area contributed by atoms with E-state index in [0.717, 1.165) is 93.8 Å². The maximum Gasteiger partial charge on any atom is 0.164 e. The van der Waals surface area contributed by atoms with Gasteiger partial charge in [0.05, 0.1) is 33.3 Å². The molecule has 9 aromatic carbocycles. The Balaban J connectivity index is 1.10. The highest BCUT2D eigenvalue weighted by Gasteiger charge is 2.22. The summed E-state index contributed by atoms with van der Waals surface area (Å²) in [4.78, 5) is 21.2. The van der Waals surface area contributed by atoms with Crippen LogP contribution in [0.2, 0.25) is 0 Å². The van der Waals surface area contributed by atoms with Crippen LogP contribution in [0.3, 0.4) is 0 Å². The fourth-order valence-electron chi connectivity index (χ4n) is 9.70. The monoisotopic (exact) mass is 816 g/mol. The first-order chi connectivity index (χ1) is 31.7. The van der Waals surface area contributed by atoms with Crippen LogP contribution in [0.5, 0.6) is 0 Å². The van der Waals surface area contributed by atoms with Gasteiger partial charge in [-0.1, -0.05) is 158 Å². The second-order valence-corrected chi connectivity index (χ2v) is 16.2. The lowest BCUT2D eigenvalue weighted by molar-refractivity contribution is 1.07. The van der Waals surface area contributed by atoms with E-state index < -0.39 is 0 Å². The number of benzene rings is 9. The predicted molar refractivity (Wildman–Crippen MR) is 263 cm³/mol. The molecule has 0 radical (unpaired) electrons. The summed E-state index contributed by atoms with van der Waals surface area (Å²) in [5.74, 6) is 1.81. The zero-order valence-electron chi connectivity index (χ0n) is 34.5. The Hall–Kier alpha value is -8.74. The van der Waals surface area contributed by atoms with Crippen molar-refractivity contribution in [3.05, 3.63) is 218 Å². The first kappa shape index (κ1) is 36.0. The van der Waals surface area contributed by atoms with Crippen LogP contribution in [-0.4, -0.2) is 29.1 Å². The number of aromatic nitrogens is 6. The maximum absolute atomic E-state index is 5.40. The van der Waals surface area contributed by atoms with Crippen LogP contribution < -0.4 is 0 Å². The van der Waals surface area contributed by atoms with Gasteiger partial charge in [0.25, 0.3) is 0 Å². The second-order valence-electron chi connectivity index (χ2n) is 16.2. The van der Waals surface area contributed by atoms with Crippen LogP contribution >= 0.6 is 0 Å². The predicted octanol–water partition coefficient (Wildman–Crippen LogP) is 14.4. The first-order valence-corrected chi connectivity index (χ1v) is 21.6. The van der Waals surface area contributed by atoms with Crippen LogP contribution in [0.1, 0.15) is 0 Å². The van der Waals surface area contributed by atoms with Crippen molar-refractivity contribution >= 4 is 65.3 Å². The van der Waals surface area contributed by atoms with Crippen molar-refractivity contribution in [2.24, 2.45) is 0 Å². The Kier molecular flexibility index (Phi) is 8.11. The molecular weight excluding hydrogens is 781 g/mol. The molecule has 4 aromatic heterocycles. The molecule has 6 heteroatoms. The van der Waals surface area contributed by atoms with Crippen LogP contribution in [-0.2, 0) is 0 Å². The van der Waals surface area contributed by atoms with Gasteiger partial charge in [-0.2, -0.15) is 0 Å². The highest BCUT2D eigenvalue weighted by molar-refractivity contribution is 6.22. The van der Waals surface area contributed by atoms with E-state index in [4.69, 9.17) is 19.9 Å². The van der Waals surface area contributed by atoms with Crippen LogP contribution in [0, 0.1) is 0 Å². The second kappa shape index (κ2) is 14.4. The maximum atomic E-state index is 5.40. The lowest BCUT2D eigenvalue weighted by Crippen LogP contribution is -2.01. The summed E-state index contributed by atoms with van der Waals surface area (Å²) in [6.45, 7) is 0. The quantitative estimate of drug-likeness (QED) is 0.157. The standard InChI is InChI=1S/C58H36N6/c1-4-18-37(19-5-1)55-47-35-48-53(36-46(47)42-26-10-13-30-49(42)59-55)63(40-23-8-3-9-24-40)52-33-17-29-45(54(48)52)58-61-56(38-20-6-2-7-21-38)60-57(62-58)39-22-16-25-41(34-39)64-50-31-14-11-27-43(50)44-28-12-15-32-51(44)64/h1-36H. The third kappa shape index (κ3) is 5.66. The van der Waals surface area contributed by atoms with Crippen LogP contribution in [0.4, 0.5) is 0 Å². The number of nitrogens with zero attached hydrogens (tertiary/aromatic N) is 6. The van der Waals surface area contributed by atoms with E-state index in [1.165, 1.54) is 10.8 Å². The Labute approximate surface area is 368 Å². The number of fused-ring (bicyclic) bond motifs is 9. The Morgan fingerprint density at radius 1 is 0.281 bits per heavy atom. The smallest absolute Gasteiger partial charge is 0.164 e. The van der Waals surface area contributed by atoms with Gasteiger partial charge in [0.2, 0.25) is 0 Å². The van der Waals surface area contributed by atoms with E-state index in [1.807, 2.05) is 18.2 Å². The zero-order valence-corrected chi connectivity index (χ0v) is 34.5. The Bertz CT molecular complexity index is 3890. The highest BCUT2D eigenvalue weighted by Crippen LogP contribution is 2.43. The van der Waals surface area contributed by atoms with Gasteiger partial charge in [-0.3, -0.25) is 0 Å². The summed E-state index contributed by atoms with van der Waals surface area (Å²) < 4.78 is 4.71. The molecule has 0 aliphatic carbocycles. The summed E-state index contributed by atoms with van der Waals surface area (Å²) in [5, 5.41) is 7.93. The minimum absolute atomic E-state index is 0.600. The molecule has 298 valence electrons. The molecular formula is C58H36N6. The lowest BCUT2D eigenvalue weighted by Gasteiger charge is -2.12. The first-order valence-electron chi connectivity index (χ1n) is 21.6. The zero-order chi connectivity index (χ0) is 42.1. The molecule has 13 aromatic rings. The Morgan fingerprint density at radius 2 is 0.812 bits per heavy atom. The summed E-state index contributed by atoms with van der Waals surface area (Å²) in [7, 11) is 0. The molecule has 0 fully saturated rings. The van der Waals surface area contributed by atoms with Gasteiger partial charge in [0.15, 0.2) is 17.5 Å². The van der Waals surface area contributed by atoms with Crippen molar-refractivity contribution in [2.45, 2.75) is 0 Å². The fourth-order valence-corrected chi connectivity index (χ4v) is 9.70. The van der Waals surface area contributed by atoms with Gasteiger partial charge >= 0.3 is 0 Å². The topological polar surface area (TPSA) is 61.4 Å². The summed E-state index contributed by atoms with van der Waals surface area (Å²) in [5.41, 5.74) is 12.3. The third-order valence-electron chi connectivity index (χ3n) is 12.5. The molecule has 64 heavy (non-hydrogen) atoms. The van der Waals surface area contributed by atoms with Crippen molar-refractivity contribution in [3.8, 4) is 56.8 Å². The third-order valence-corrected chi connectivity index (χ3v) is 12.5. The van der Waals surface area contributed by atoms with E-state index in [-0.39, 0.29) is 0 Å². The summed E-state index contributed by atoms with van der Waals surface area (Å²) in [6.07, 6.45) is 0. The van der Waals surface area contributed by atoms with Gasteiger partial charge in [-0.25, -0.2) is 19.9 Å². The van der Waals surface area contributed by atoms with E-state index in [0.29, 0.717) is 17.5 Å². The molecule has 0 N–H and O–H groups in total. The molecule has 6 nitrogen and oxygen atoms in total. The number of pyridine rings is 1. The number of hydrogen-bond donors (Lipinski definition) is 0. The number of para-hydroxylation sites is 4. The Morgan fingerprint density at radius 3 is 1.55 bits per heavy atom. The van der Waals surface area contributed by atoms with Gasteiger partial charge < -0.3 is 9.13 Å². The average molecular weight is 817 g/mol. The largest absolute Gasteiger partial charge is 0.309 e. The van der Waals surface area contributed by atoms with Crippen LogP contribution in [0.25, 0.3) is 122 Å². The van der Waals surface area contributed by atoms with E-state index >= 15 is 0 Å². The van der Waals surface area contributed by atoms with Gasteiger partial charge in [-0.15, -0.1) is 0 Å². The number of rotatable bonds is 6. The van der Waals surface area contributed by atoms with Crippen molar-refractivity contribution in [1.29, 1.82) is 0 Å². The molecule has 0 amide bonds. The van der Waals surface area contributed by atoms with Gasteiger partial charge in [0.1, 0.15) is 0 Å². The molecule has 0 spiro atoms. The number of hydrogen-bond acceptors (Lipinski definition) is 4. The molecule has 0 unspecified atom stereocenters. The van der Waals surface area contributed by atoms with Crippen molar-refractivity contribution in [1.82, 2.24) is 29.1 Å². The van der Waals surface area contributed by atoms with E-state index in [1.54, 1.807) is 0 Å². The van der Waals surface area contributed by atoms with Gasteiger partial charge in [-0.05, 0) is 66.0 Å². The van der Waals surface area contributed by atoms with E-state index in [2.05, 4.69) is 209 Å². The van der Waals surface area contributed by atoms with Gasteiger partial charge in [0, 0.05) is 65.9 Å². The minimum atomic E-state index is 0.600. The van der Waals surface area contributed by atoms with Crippen molar-refractivity contribution in [2.75, 3.05) is 0 Å². The molecule has 13 rings (SSSR count). The molecule has 4 heterocycles. The average Bonchev–Trinajstić information content (AvgIpc) is 3.89. The lowest BCUT2D eigenvalue weighted by atomic mass is 9.97. The normalized spacial score (nSPS) is 11.8. The van der Waals surface area contributed by atoms with Crippen LogP contribution in [0.15, 0.2) is 218 Å². The van der Waals surface area contributed by atoms with E-state index in [9.17, 15) is 0 Å². The molecule has 0 saturated heterocycles. The fraction of sp³-hybridized carbons (Fsp3) is 0. The molecule has 0 aliphatic rings. The summed E-state index contributed by atoms with van der Waals surface area (Å²) in [6, 6.07) is 76.7. The highest BCUT2D eigenvalue weighted by atomic mass is 15.0.